The quantitative estimate of drug-likeness (QED) is 0.487. The molecule has 5 heteroatoms. The first kappa shape index (κ1) is 8.42. The van der Waals surface area contributed by atoms with E-state index < -0.39 is 30.5 Å². The molecule has 0 saturated carbocycles. The van der Waals surface area contributed by atoms with Gasteiger partial charge in [-0.1, -0.05) is 0 Å². The fourth-order valence-electron chi connectivity index (χ4n) is 0.924. The average molecular weight is 164 g/mol. The lowest BCUT2D eigenvalue weighted by Crippen LogP contribution is -2.40. The summed E-state index contributed by atoms with van der Waals surface area (Å²) in [6.07, 6.45) is -2.70. The maximum absolute atomic E-state index is 13.0. The van der Waals surface area contributed by atoms with Crippen molar-refractivity contribution in [2.75, 3.05) is 6.61 Å². The predicted octanol–water partition coefficient (Wildman–Crippen LogP) is -1.01. The molecule has 1 aliphatic heterocycles. The molecule has 0 amide bonds. The number of alkyl halides is 1. The summed E-state index contributed by atoms with van der Waals surface area (Å²) >= 11 is 0. The summed E-state index contributed by atoms with van der Waals surface area (Å²) in [4.78, 5) is 10.6. The van der Waals surface area contributed by atoms with Crippen molar-refractivity contribution < 1.29 is 24.1 Å². The van der Waals surface area contributed by atoms with Gasteiger partial charge in [0.15, 0.2) is 6.10 Å². The molecule has 0 radical (unpaired) electrons. The number of esters is 1. The molecular weight excluding hydrogens is 155 g/mol. The van der Waals surface area contributed by atoms with E-state index in [4.69, 9.17) is 10.2 Å². The van der Waals surface area contributed by atoms with Gasteiger partial charge in [-0.2, -0.15) is 0 Å². The van der Waals surface area contributed by atoms with Gasteiger partial charge in [0.05, 0.1) is 6.61 Å². The van der Waals surface area contributed by atoms with E-state index in [2.05, 4.69) is 4.74 Å². The lowest BCUT2D eigenvalue weighted by molar-refractivity contribution is -0.150. The smallest absolute Gasteiger partial charge is 0.346 e. The van der Waals surface area contributed by atoms with Crippen LogP contribution in [0.5, 0.6) is 0 Å². The normalized spacial score (nSPS) is 44.2. The van der Waals surface area contributed by atoms with Gasteiger partial charge in [0.1, 0.15) is 6.10 Å². The Morgan fingerprint density at radius 2 is 2.36 bits per heavy atom. The highest BCUT2D eigenvalue weighted by Crippen LogP contribution is 2.29. The predicted molar refractivity (Wildman–Crippen MR) is 32.5 cm³/mol. The van der Waals surface area contributed by atoms with E-state index in [-0.39, 0.29) is 0 Å². The number of carbonyl (C=O) groups excluding carboxylic acids is 1. The zero-order valence-corrected chi connectivity index (χ0v) is 5.95. The summed E-state index contributed by atoms with van der Waals surface area (Å²) < 4.78 is 17.3. The summed E-state index contributed by atoms with van der Waals surface area (Å²) in [5, 5.41) is 17.5. The number of hydrogen-bond donors (Lipinski definition) is 2. The van der Waals surface area contributed by atoms with E-state index in [1.165, 1.54) is 0 Å². The Balaban J connectivity index is 2.80. The molecule has 0 aliphatic carbocycles. The number of carbonyl (C=O) groups is 1. The summed E-state index contributed by atoms with van der Waals surface area (Å²) in [7, 11) is 0. The van der Waals surface area contributed by atoms with Crippen LogP contribution in [0, 0.1) is 0 Å². The third kappa shape index (κ3) is 1.10. The number of hydrogen-bond acceptors (Lipinski definition) is 4. The molecule has 0 bridgehead atoms. The molecule has 0 aromatic heterocycles. The second kappa shape index (κ2) is 2.42. The fourth-order valence-corrected chi connectivity index (χ4v) is 0.924. The van der Waals surface area contributed by atoms with Crippen LogP contribution in [-0.2, 0) is 9.53 Å². The van der Waals surface area contributed by atoms with E-state index in [0.29, 0.717) is 0 Å². The van der Waals surface area contributed by atoms with E-state index in [1.54, 1.807) is 0 Å². The van der Waals surface area contributed by atoms with Crippen LogP contribution in [-0.4, -0.2) is 40.7 Å². The van der Waals surface area contributed by atoms with Gasteiger partial charge in [-0.25, -0.2) is 9.18 Å². The Kier molecular flexibility index (Phi) is 1.85. The Hall–Kier alpha value is -0.680. The van der Waals surface area contributed by atoms with Crippen molar-refractivity contribution in [2.45, 2.75) is 24.8 Å². The van der Waals surface area contributed by atoms with Crippen molar-refractivity contribution in [2.24, 2.45) is 0 Å². The first-order valence-corrected chi connectivity index (χ1v) is 3.19. The van der Waals surface area contributed by atoms with Crippen LogP contribution in [0.4, 0.5) is 4.39 Å². The van der Waals surface area contributed by atoms with Crippen molar-refractivity contribution in [3.8, 4) is 0 Å². The number of cyclic esters (lactones) is 1. The molecule has 1 saturated heterocycles. The summed E-state index contributed by atoms with van der Waals surface area (Å²) in [5.74, 6) is -1.12. The van der Waals surface area contributed by atoms with Crippen LogP contribution in [0.2, 0.25) is 0 Å². The number of halogens is 1. The third-order valence-corrected chi connectivity index (χ3v) is 1.75. The van der Waals surface area contributed by atoms with Gasteiger partial charge in [0, 0.05) is 0 Å². The van der Waals surface area contributed by atoms with Crippen molar-refractivity contribution in [3.05, 3.63) is 0 Å². The van der Waals surface area contributed by atoms with Gasteiger partial charge in [-0.15, -0.1) is 0 Å². The molecule has 1 heterocycles. The van der Waals surface area contributed by atoms with Crippen molar-refractivity contribution in [1.29, 1.82) is 0 Å². The molecule has 0 aromatic carbocycles. The summed E-state index contributed by atoms with van der Waals surface area (Å²) in [6, 6.07) is 0. The van der Waals surface area contributed by atoms with Gasteiger partial charge < -0.3 is 14.9 Å². The van der Waals surface area contributed by atoms with Crippen LogP contribution in [0.25, 0.3) is 0 Å². The minimum atomic E-state index is -2.38. The highest BCUT2D eigenvalue weighted by atomic mass is 19.1. The molecule has 11 heavy (non-hydrogen) atoms. The van der Waals surface area contributed by atoms with E-state index in [0.717, 1.165) is 6.92 Å². The first-order valence-electron chi connectivity index (χ1n) is 3.19. The zero-order chi connectivity index (χ0) is 8.65. The van der Waals surface area contributed by atoms with Crippen LogP contribution in [0.15, 0.2) is 0 Å². The van der Waals surface area contributed by atoms with Gasteiger partial charge in [0.2, 0.25) is 5.67 Å². The number of rotatable bonds is 1. The number of aliphatic hydroxyl groups is 2. The lowest BCUT2D eigenvalue weighted by Gasteiger charge is -2.14. The number of aliphatic hydroxyl groups excluding tert-OH is 2. The van der Waals surface area contributed by atoms with Crippen LogP contribution in [0.3, 0.4) is 0 Å². The average Bonchev–Trinajstić information content (AvgIpc) is 2.14. The Labute approximate surface area is 62.6 Å². The van der Waals surface area contributed by atoms with E-state index >= 15 is 0 Å². The number of ether oxygens (including phenoxy) is 1. The highest BCUT2D eigenvalue weighted by molar-refractivity contribution is 5.82. The second-order valence-electron chi connectivity index (χ2n) is 2.65. The van der Waals surface area contributed by atoms with Crippen molar-refractivity contribution >= 4 is 5.97 Å². The third-order valence-electron chi connectivity index (χ3n) is 1.75. The SMILES string of the molecule is CC1(F)C(=O)O[C@H](CO)C1O. The molecule has 2 unspecified atom stereocenters. The highest BCUT2D eigenvalue weighted by Gasteiger charge is 2.54. The molecule has 3 atom stereocenters. The first-order chi connectivity index (χ1) is 5.00. The van der Waals surface area contributed by atoms with Crippen LogP contribution < -0.4 is 0 Å². The van der Waals surface area contributed by atoms with Gasteiger partial charge in [-0.05, 0) is 6.92 Å². The fraction of sp³-hybridized carbons (Fsp3) is 0.833. The van der Waals surface area contributed by atoms with Crippen LogP contribution in [0.1, 0.15) is 6.92 Å². The molecule has 1 fully saturated rings. The molecular formula is C6H9FO4. The molecule has 4 nitrogen and oxygen atoms in total. The minimum Gasteiger partial charge on any atom is -0.455 e. The summed E-state index contributed by atoms with van der Waals surface area (Å²) in [6.45, 7) is 0.363. The largest absolute Gasteiger partial charge is 0.455 e. The summed E-state index contributed by atoms with van der Waals surface area (Å²) in [5.41, 5.74) is -2.38. The molecule has 2 N–H and O–H groups in total. The van der Waals surface area contributed by atoms with E-state index in [9.17, 15) is 9.18 Å². The van der Waals surface area contributed by atoms with Crippen molar-refractivity contribution in [3.63, 3.8) is 0 Å². The lowest BCUT2D eigenvalue weighted by atomic mass is 10.0. The zero-order valence-electron chi connectivity index (χ0n) is 5.95. The second-order valence-corrected chi connectivity index (χ2v) is 2.65. The maximum Gasteiger partial charge on any atom is 0.346 e. The monoisotopic (exact) mass is 164 g/mol. The van der Waals surface area contributed by atoms with Crippen molar-refractivity contribution in [1.82, 2.24) is 0 Å². The Morgan fingerprint density at radius 1 is 1.82 bits per heavy atom. The maximum atomic E-state index is 13.0. The van der Waals surface area contributed by atoms with Crippen LogP contribution >= 0.6 is 0 Å². The van der Waals surface area contributed by atoms with Gasteiger partial charge in [0.25, 0.3) is 0 Å². The topological polar surface area (TPSA) is 66.8 Å². The molecule has 0 spiro atoms. The Bertz CT molecular complexity index is 179. The van der Waals surface area contributed by atoms with Gasteiger partial charge in [-0.3, -0.25) is 0 Å². The standard InChI is InChI=1S/C6H9FO4/c1-6(7)4(9)3(2-8)11-5(6)10/h3-4,8-9H,2H2,1H3/t3-,4?,6?/m1/s1. The molecule has 1 aliphatic rings. The molecule has 0 aromatic rings. The Morgan fingerprint density at radius 3 is 2.55 bits per heavy atom. The molecule has 1 rings (SSSR count). The molecule has 64 valence electrons. The van der Waals surface area contributed by atoms with Gasteiger partial charge >= 0.3 is 5.97 Å². The minimum absolute atomic E-state index is 0.563. The van der Waals surface area contributed by atoms with E-state index in [1.807, 2.05) is 0 Å².